The lowest BCUT2D eigenvalue weighted by Gasteiger charge is -2.21. The molecular formula is C13H16Cl2N2O3. The molecule has 1 N–H and O–H groups in total. The number of amides is 2. The third-order valence-corrected chi connectivity index (χ3v) is 2.91. The van der Waals surface area contributed by atoms with Gasteiger partial charge >= 0.3 is 0 Å². The Balaban J connectivity index is 2.79. The fourth-order valence-electron chi connectivity index (χ4n) is 1.57. The van der Waals surface area contributed by atoms with E-state index in [0.717, 1.165) is 0 Å². The van der Waals surface area contributed by atoms with Gasteiger partial charge in [-0.2, -0.15) is 0 Å². The molecule has 0 radical (unpaired) electrons. The van der Waals surface area contributed by atoms with Gasteiger partial charge in [0.25, 0.3) is 0 Å². The van der Waals surface area contributed by atoms with Crippen molar-refractivity contribution in [2.45, 2.75) is 6.92 Å². The largest absolute Gasteiger partial charge is 0.383 e. The lowest BCUT2D eigenvalue weighted by Crippen LogP contribution is -2.40. The van der Waals surface area contributed by atoms with Crippen LogP contribution < -0.4 is 10.2 Å². The summed E-state index contributed by atoms with van der Waals surface area (Å²) in [6, 6.07) is 4.72. The van der Waals surface area contributed by atoms with E-state index in [1.807, 2.05) is 0 Å². The number of carbonyl (C=O) groups is 2. The van der Waals surface area contributed by atoms with Gasteiger partial charge in [-0.15, -0.1) is 0 Å². The molecule has 0 saturated heterocycles. The van der Waals surface area contributed by atoms with Crippen LogP contribution >= 0.6 is 23.2 Å². The quantitative estimate of drug-likeness (QED) is 0.817. The third-order valence-electron chi connectivity index (χ3n) is 2.47. The summed E-state index contributed by atoms with van der Waals surface area (Å²) in [4.78, 5) is 24.7. The van der Waals surface area contributed by atoms with Gasteiger partial charge < -0.3 is 15.0 Å². The summed E-state index contributed by atoms with van der Waals surface area (Å²) in [6.07, 6.45) is 0. The van der Waals surface area contributed by atoms with Crippen molar-refractivity contribution in [2.75, 3.05) is 31.7 Å². The monoisotopic (exact) mass is 318 g/mol. The average Bonchev–Trinajstić information content (AvgIpc) is 2.34. The van der Waals surface area contributed by atoms with E-state index in [2.05, 4.69) is 5.32 Å². The van der Waals surface area contributed by atoms with Crippen molar-refractivity contribution >= 4 is 40.7 Å². The lowest BCUT2D eigenvalue weighted by molar-refractivity contribution is -0.123. The maximum atomic E-state index is 11.7. The Morgan fingerprint density at radius 1 is 1.25 bits per heavy atom. The number of benzene rings is 1. The minimum atomic E-state index is -0.284. The minimum Gasteiger partial charge on any atom is -0.383 e. The highest BCUT2D eigenvalue weighted by Gasteiger charge is 2.16. The molecule has 0 aliphatic heterocycles. The summed E-state index contributed by atoms with van der Waals surface area (Å²) in [5.74, 6) is -0.557. The van der Waals surface area contributed by atoms with Gasteiger partial charge in [-0.05, 0) is 18.2 Å². The minimum absolute atomic E-state index is 0.101. The summed E-state index contributed by atoms with van der Waals surface area (Å²) in [5, 5.41) is 3.45. The molecule has 0 aromatic heterocycles. The van der Waals surface area contributed by atoms with Crippen molar-refractivity contribution in [3.8, 4) is 0 Å². The first-order chi connectivity index (χ1) is 9.43. The van der Waals surface area contributed by atoms with Gasteiger partial charge in [0.05, 0.1) is 6.61 Å². The molecule has 0 fully saturated rings. The highest BCUT2D eigenvalue weighted by molar-refractivity contribution is 6.35. The summed E-state index contributed by atoms with van der Waals surface area (Å²) in [5.41, 5.74) is 0.483. The summed E-state index contributed by atoms with van der Waals surface area (Å²) < 4.78 is 4.83. The molecule has 7 heteroatoms. The van der Waals surface area contributed by atoms with Crippen molar-refractivity contribution in [3.63, 3.8) is 0 Å². The first-order valence-corrected chi connectivity index (χ1v) is 6.69. The molecule has 110 valence electrons. The number of halogens is 2. The van der Waals surface area contributed by atoms with Gasteiger partial charge in [-0.3, -0.25) is 9.59 Å². The van der Waals surface area contributed by atoms with E-state index in [4.69, 9.17) is 27.9 Å². The lowest BCUT2D eigenvalue weighted by atomic mass is 10.2. The summed E-state index contributed by atoms with van der Waals surface area (Å²) >= 11 is 11.8. The van der Waals surface area contributed by atoms with Crippen molar-refractivity contribution in [2.24, 2.45) is 0 Å². The van der Waals surface area contributed by atoms with E-state index >= 15 is 0 Å². The molecule has 1 aromatic carbocycles. The predicted octanol–water partition coefficient (Wildman–Crippen LogP) is 2.11. The number of hydrogen-bond acceptors (Lipinski definition) is 3. The van der Waals surface area contributed by atoms with E-state index in [1.54, 1.807) is 25.3 Å². The molecule has 0 unspecified atom stereocenters. The predicted molar refractivity (Wildman–Crippen MR) is 79.4 cm³/mol. The Kier molecular flexibility index (Phi) is 6.78. The van der Waals surface area contributed by atoms with Crippen LogP contribution in [0.25, 0.3) is 0 Å². The highest BCUT2D eigenvalue weighted by Crippen LogP contribution is 2.25. The number of nitrogens with one attached hydrogen (secondary N) is 1. The molecule has 0 spiro atoms. The second kappa shape index (κ2) is 8.09. The van der Waals surface area contributed by atoms with Crippen LogP contribution in [0.4, 0.5) is 5.69 Å². The van der Waals surface area contributed by atoms with Crippen LogP contribution in [0.5, 0.6) is 0 Å². The van der Waals surface area contributed by atoms with Crippen molar-refractivity contribution in [1.82, 2.24) is 5.32 Å². The SMILES string of the molecule is COCCNC(=O)CN(C(C)=O)c1cc(Cl)cc(Cl)c1. The van der Waals surface area contributed by atoms with Gasteiger partial charge in [0.1, 0.15) is 6.54 Å². The summed E-state index contributed by atoms with van der Waals surface area (Å²) in [7, 11) is 1.54. The van der Waals surface area contributed by atoms with Crippen LogP contribution in [0, 0.1) is 0 Å². The van der Waals surface area contributed by atoms with Gasteiger partial charge in [0, 0.05) is 36.3 Å². The number of hydrogen-bond donors (Lipinski definition) is 1. The topological polar surface area (TPSA) is 58.6 Å². The van der Waals surface area contributed by atoms with Crippen molar-refractivity contribution < 1.29 is 14.3 Å². The van der Waals surface area contributed by atoms with Crippen LogP contribution in [0.1, 0.15) is 6.92 Å². The molecule has 2 amide bonds. The fraction of sp³-hybridized carbons (Fsp3) is 0.385. The molecule has 0 atom stereocenters. The number of carbonyl (C=O) groups excluding carboxylic acids is 2. The zero-order valence-corrected chi connectivity index (χ0v) is 12.8. The van der Waals surface area contributed by atoms with E-state index in [1.165, 1.54) is 11.8 Å². The Labute approximate surface area is 127 Å². The normalized spacial score (nSPS) is 10.2. The van der Waals surface area contributed by atoms with Crippen LogP contribution in [0.3, 0.4) is 0 Å². The number of methoxy groups -OCH3 is 1. The van der Waals surface area contributed by atoms with Crippen molar-refractivity contribution in [1.29, 1.82) is 0 Å². The van der Waals surface area contributed by atoms with Crippen molar-refractivity contribution in [3.05, 3.63) is 28.2 Å². The first-order valence-electron chi connectivity index (χ1n) is 5.94. The Hall–Kier alpha value is -1.30. The molecule has 1 aromatic rings. The highest BCUT2D eigenvalue weighted by atomic mass is 35.5. The zero-order chi connectivity index (χ0) is 15.1. The second-order valence-electron chi connectivity index (χ2n) is 4.08. The third kappa shape index (κ3) is 5.36. The Bertz CT molecular complexity index is 474. The number of anilines is 1. The summed E-state index contributed by atoms with van der Waals surface area (Å²) in [6.45, 7) is 2.07. The van der Waals surface area contributed by atoms with Gasteiger partial charge in [-0.1, -0.05) is 23.2 Å². The molecular weight excluding hydrogens is 303 g/mol. The maximum Gasteiger partial charge on any atom is 0.240 e. The van der Waals surface area contributed by atoms with Gasteiger partial charge in [-0.25, -0.2) is 0 Å². The molecule has 20 heavy (non-hydrogen) atoms. The molecule has 0 aliphatic carbocycles. The second-order valence-corrected chi connectivity index (χ2v) is 4.95. The van der Waals surface area contributed by atoms with E-state index < -0.39 is 0 Å². The number of rotatable bonds is 6. The van der Waals surface area contributed by atoms with E-state index in [-0.39, 0.29) is 18.4 Å². The first kappa shape index (κ1) is 16.8. The van der Waals surface area contributed by atoms with E-state index in [0.29, 0.717) is 28.9 Å². The molecule has 0 heterocycles. The molecule has 5 nitrogen and oxygen atoms in total. The van der Waals surface area contributed by atoms with Crippen LogP contribution in [0.2, 0.25) is 10.0 Å². The van der Waals surface area contributed by atoms with Crippen LogP contribution in [0.15, 0.2) is 18.2 Å². The molecule has 0 saturated carbocycles. The van der Waals surface area contributed by atoms with Gasteiger partial charge in [0.15, 0.2) is 0 Å². The zero-order valence-electron chi connectivity index (χ0n) is 11.3. The smallest absolute Gasteiger partial charge is 0.240 e. The van der Waals surface area contributed by atoms with E-state index in [9.17, 15) is 9.59 Å². The maximum absolute atomic E-state index is 11.7. The van der Waals surface area contributed by atoms with Gasteiger partial charge in [0.2, 0.25) is 11.8 Å². The molecule has 1 rings (SSSR count). The average molecular weight is 319 g/mol. The van der Waals surface area contributed by atoms with Crippen LogP contribution in [-0.4, -0.2) is 38.6 Å². The number of nitrogens with zero attached hydrogens (tertiary/aromatic N) is 1. The standard InChI is InChI=1S/C13H16Cl2N2O3/c1-9(18)17(8-13(19)16-3-4-20-2)12-6-10(14)5-11(15)7-12/h5-7H,3-4,8H2,1-2H3,(H,16,19). The van der Waals surface area contributed by atoms with Crippen LogP contribution in [-0.2, 0) is 14.3 Å². The molecule has 0 aliphatic rings. The number of ether oxygens (including phenoxy) is 1. The Morgan fingerprint density at radius 3 is 2.35 bits per heavy atom. The Morgan fingerprint density at radius 2 is 1.85 bits per heavy atom. The molecule has 0 bridgehead atoms. The fourth-order valence-corrected chi connectivity index (χ4v) is 2.09.